The van der Waals surface area contributed by atoms with Crippen LogP contribution in [0.3, 0.4) is 0 Å². The molecular formula is C3H11N2O2S+. The average Bonchev–Trinajstić information content (AvgIpc) is 1.59. The van der Waals surface area contributed by atoms with Gasteiger partial charge in [-0.25, -0.2) is 13.1 Å². The number of hydrogen-bond donors (Lipinski definition) is 2. The minimum Gasteiger partial charge on any atom is -0.356 e. The zero-order valence-corrected chi connectivity index (χ0v) is 5.66. The molecule has 0 rings (SSSR count). The second kappa shape index (κ2) is 3.01. The van der Waals surface area contributed by atoms with Crippen LogP contribution in [0, 0.1) is 0 Å². The van der Waals surface area contributed by atoms with Crippen molar-refractivity contribution in [2.24, 2.45) is 0 Å². The Balaban J connectivity index is 3.42. The van der Waals surface area contributed by atoms with Crippen molar-refractivity contribution in [3.05, 3.63) is 0 Å². The summed E-state index contributed by atoms with van der Waals surface area (Å²) in [7, 11) is -2.98. The first-order chi connectivity index (χ1) is 3.56. The molecule has 0 saturated heterocycles. The molecule has 0 fully saturated rings. The number of nitrogens with one attached hydrogen (secondary N) is 1. The van der Waals surface area contributed by atoms with Gasteiger partial charge >= 0.3 is 0 Å². The van der Waals surface area contributed by atoms with Crippen molar-refractivity contribution in [2.45, 2.75) is 0 Å². The van der Waals surface area contributed by atoms with Crippen molar-refractivity contribution in [3.63, 3.8) is 0 Å². The Morgan fingerprint density at radius 2 is 2.12 bits per heavy atom. The summed E-state index contributed by atoms with van der Waals surface area (Å²) in [5, 5.41) is 0. The Kier molecular flexibility index (Phi) is 2.96. The van der Waals surface area contributed by atoms with E-state index in [0.717, 1.165) is 6.26 Å². The van der Waals surface area contributed by atoms with Gasteiger partial charge in [0.2, 0.25) is 10.0 Å². The second-order valence-corrected chi connectivity index (χ2v) is 3.35. The van der Waals surface area contributed by atoms with Gasteiger partial charge in [0.1, 0.15) is 0 Å². The predicted octanol–water partition coefficient (Wildman–Crippen LogP) is -2.22. The lowest BCUT2D eigenvalue weighted by Crippen LogP contribution is -2.54. The van der Waals surface area contributed by atoms with Gasteiger partial charge in [-0.3, -0.25) is 0 Å². The van der Waals surface area contributed by atoms with Crippen molar-refractivity contribution < 1.29 is 14.2 Å². The van der Waals surface area contributed by atoms with Crippen molar-refractivity contribution in [1.82, 2.24) is 4.72 Å². The van der Waals surface area contributed by atoms with E-state index in [1.807, 2.05) is 0 Å². The highest BCUT2D eigenvalue weighted by Gasteiger charge is 1.96. The van der Waals surface area contributed by atoms with Gasteiger partial charge < -0.3 is 5.73 Å². The molecule has 0 aromatic carbocycles. The first-order valence-electron chi connectivity index (χ1n) is 2.30. The lowest BCUT2D eigenvalue weighted by molar-refractivity contribution is -0.364. The SMILES string of the molecule is CS(=O)(=O)NCC[NH3+]. The van der Waals surface area contributed by atoms with Crippen molar-refractivity contribution in [3.8, 4) is 0 Å². The summed E-state index contributed by atoms with van der Waals surface area (Å²) in [6.45, 7) is 1.02. The summed E-state index contributed by atoms with van der Waals surface area (Å²) in [6.07, 6.45) is 1.13. The minimum atomic E-state index is -2.98. The maximum atomic E-state index is 10.3. The van der Waals surface area contributed by atoms with E-state index < -0.39 is 10.0 Å². The maximum Gasteiger partial charge on any atom is 0.208 e. The first-order valence-corrected chi connectivity index (χ1v) is 4.19. The normalized spacial score (nSPS) is 11.8. The third-order valence-electron chi connectivity index (χ3n) is 0.541. The summed E-state index contributed by atoms with van der Waals surface area (Å²) in [4.78, 5) is 0. The maximum absolute atomic E-state index is 10.3. The van der Waals surface area contributed by atoms with Gasteiger partial charge in [0.25, 0.3) is 0 Å². The van der Waals surface area contributed by atoms with E-state index in [2.05, 4.69) is 10.5 Å². The average molecular weight is 139 g/mol. The lowest BCUT2D eigenvalue weighted by Gasteiger charge is -1.93. The topological polar surface area (TPSA) is 73.8 Å². The molecule has 0 saturated carbocycles. The molecule has 4 nitrogen and oxygen atoms in total. The first kappa shape index (κ1) is 7.87. The zero-order chi connectivity index (χ0) is 6.62. The van der Waals surface area contributed by atoms with E-state index in [-0.39, 0.29) is 0 Å². The van der Waals surface area contributed by atoms with Gasteiger partial charge in [0.05, 0.1) is 19.3 Å². The number of rotatable bonds is 3. The molecular weight excluding hydrogens is 128 g/mol. The molecule has 0 bridgehead atoms. The molecule has 50 valence electrons. The molecule has 0 heterocycles. The van der Waals surface area contributed by atoms with Crippen LogP contribution in [-0.2, 0) is 10.0 Å². The molecule has 0 aromatic rings. The molecule has 0 radical (unpaired) electrons. The second-order valence-electron chi connectivity index (χ2n) is 1.52. The van der Waals surface area contributed by atoms with Crippen molar-refractivity contribution in [2.75, 3.05) is 19.3 Å². The molecule has 0 aliphatic carbocycles. The van der Waals surface area contributed by atoms with Crippen LogP contribution in [0.2, 0.25) is 0 Å². The van der Waals surface area contributed by atoms with Crippen LogP contribution in [0.25, 0.3) is 0 Å². The number of hydrogen-bond acceptors (Lipinski definition) is 2. The summed E-state index contributed by atoms with van der Waals surface area (Å²) in [5.41, 5.74) is 3.46. The number of quaternary nitrogens is 1. The van der Waals surface area contributed by atoms with E-state index in [1.165, 1.54) is 0 Å². The highest BCUT2D eigenvalue weighted by molar-refractivity contribution is 7.88. The summed E-state index contributed by atoms with van der Waals surface area (Å²) >= 11 is 0. The molecule has 0 spiro atoms. The van der Waals surface area contributed by atoms with Crippen LogP contribution in [0.1, 0.15) is 0 Å². The quantitative estimate of drug-likeness (QED) is 0.464. The van der Waals surface area contributed by atoms with E-state index in [4.69, 9.17) is 0 Å². The molecule has 0 aliphatic heterocycles. The van der Waals surface area contributed by atoms with Crippen LogP contribution in [0.4, 0.5) is 0 Å². The third-order valence-corrected chi connectivity index (χ3v) is 1.27. The molecule has 5 heteroatoms. The van der Waals surface area contributed by atoms with Crippen LogP contribution < -0.4 is 10.5 Å². The summed E-state index contributed by atoms with van der Waals surface area (Å²) in [5.74, 6) is 0. The minimum absolute atomic E-state index is 0.429. The van der Waals surface area contributed by atoms with Crippen LogP contribution >= 0.6 is 0 Å². The predicted molar refractivity (Wildman–Crippen MR) is 30.6 cm³/mol. The van der Waals surface area contributed by atoms with Gasteiger partial charge in [-0.2, -0.15) is 0 Å². The highest BCUT2D eigenvalue weighted by atomic mass is 32.2. The third kappa shape index (κ3) is 5.87. The Hall–Kier alpha value is -0.130. The molecule has 4 N–H and O–H groups in total. The van der Waals surface area contributed by atoms with E-state index in [1.54, 1.807) is 0 Å². The monoisotopic (exact) mass is 139 g/mol. The van der Waals surface area contributed by atoms with Gasteiger partial charge in [-0.1, -0.05) is 0 Å². The molecule has 0 aliphatic rings. The van der Waals surface area contributed by atoms with Crippen LogP contribution in [-0.4, -0.2) is 27.8 Å². The van der Waals surface area contributed by atoms with Crippen LogP contribution in [0.15, 0.2) is 0 Å². The Morgan fingerprint density at radius 3 is 2.25 bits per heavy atom. The van der Waals surface area contributed by atoms with Crippen LogP contribution in [0.5, 0.6) is 0 Å². The molecule has 8 heavy (non-hydrogen) atoms. The largest absolute Gasteiger partial charge is 0.356 e. The fraction of sp³-hybridized carbons (Fsp3) is 1.00. The molecule has 0 amide bonds. The fourth-order valence-electron chi connectivity index (χ4n) is 0.258. The fourth-order valence-corrected chi connectivity index (χ4v) is 0.773. The van der Waals surface area contributed by atoms with E-state index in [9.17, 15) is 8.42 Å². The Labute approximate surface area is 49.1 Å². The summed E-state index contributed by atoms with van der Waals surface area (Å²) in [6, 6.07) is 0. The van der Waals surface area contributed by atoms with Gasteiger partial charge in [0, 0.05) is 0 Å². The highest BCUT2D eigenvalue weighted by Crippen LogP contribution is 1.67. The molecule has 0 unspecified atom stereocenters. The van der Waals surface area contributed by atoms with Gasteiger partial charge in [-0.15, -0.1) is 0 Å². The standard InChI is InChI=1S/C3H10N2O2S/c1-8(6,7)5-3-2-4/h5H,2-4H2,1H3/p+1. The lowest BCUT2D eigenvalue weighted by atomic mass is 10.7. The molecule has 0 aromatic heterocycles. The zero-order valence-electron chi connectivity index (χ0n) is 4.85. The smallest absolute Gasteiger partial charge is 0.208 e. The van der Waals surface area contributed by atoms with Gasteiger partial charge in [-0.05, 0) is 0 Å². The van der Waals surface area contributed by atoms with Crippen molar-refractivity contribution in [1.29, 1.82) is 0 Å². The Morgan fingerprint density at radius 1 is 1.62 bits per heavy atom. The van der Waals surface area contributed by atoms with Gasteiger partial charge in [0.15, 0.2) is 0 Å². The Bertz CT molecular complexity index is 139. The van der Waals surface area contributed by atoms with E-state index >= 15 is 0 Å². The van der Waals surface area contributed by atoms with E-state index in [0.29, 0.717) is 13.1 Å². The number of sulfonamides is 1. The molecule has 0 atom stereocenters. The van der Waals surface area contributed by atoms with Crippen molar-refractivity contribution >= 4 is 10.0 Å². The summed E-state index contributed by atoms with van der Waals surface area (Å²) < 4.78 is 22.8.